The molecule has 1 aliphatic rings. The quantitative estimate of drug-likeness (QED) is 0.0931. The normalized spacial score (nSPS) is 32.8. The van der Waals surface area contributed by atoms with Crippen molar-refractivity contribution in [3.05, 3.63) is 0 Å². The van der Waals surface area contributed by atoms with Gasteiger partial charge >= 0.3 is 0 Å². The van der Waals surface area contributed by atoms with E-state index in [1.165, 1.54) is 0 Å². The molecule has 8 N–H and O–H groups in total. The number of rotatable bonds is 10. The molecular formula is C12H24O12S2. The number of hydrogen-bond acceptors (Lipinski definition) is 12. The zero-order valence-corrected chi connectivity index (χ0v) is 15.1. The standard InChI is InChI=1S/C12H24O12S2/c13-1-5(15)10(19)11(20)12(24-26(21,22)23)7(17)4-25-3-6(16)9(18)8(25)2-14/h5-20H,1-4H2/t5-,6+,7+,8+,9-,10+,11-,12-,25?/m0/s1. The van der Waals surface area contributed by atoms with Gasteiger partial charge in [-0.05, 0) is 0 Å². The van der Waals surface area contributed by atoms with Crippen molar-refractivity contribution in [3.63, 3.8) is 0 Å². The number of aliphatic hydroxyl groups excluding tert-OH is 8. The van der Waals surface area contributed by atoms with Crippen LogP contribution in [0, 0.1) is 0 Å². The first-order chi connectivity index (χ1) is 11.9. The average molecular weight is 424 g/mol. The molecule has 1 aliphatic heterocycles. The van der Waals surface area contributed by atoms with Gasteiger partial charge in [-0.3, -0.25) is 4.18 Å². The lowest BCUT2D eigenvalue weighted by atomic mass is 10.0. The first kappa shape index (κ1) is 23.9. The van der Waals surface area contributed by atoms with Crippen molar-refractivity contribution < 1.29 is 58.0 Å². The van der Waals surface area contributed by atoms with E-state index in [9.17, 15) is 48.7 Å². The van der Waals surface area contributed by atoms with Crippen molar-refractivity contribution in [2.75, 3.05) is 24.7 Å². The maximum atomic E-state index is 10.9. The highest BCUT2D eigenvalue weighted by atomic mass is 32.3. The van der Waals surface area contributed by atoms with Crippen molar-refractivity contribution >= 4 is 21.3 Å². The number of aliphatic hydroxyl groups is 8. The van der Waals surface area contributed by atoms with E-state index in [1.54, 1.807) is 0 Å². The molecule has 1 heterocycles. The summed E-state index contributed by atoms with van der Waals surface area (Å²) in [5.74, 6) is -0.406. The minimum atomic E-state index is -5.42. The zero-order valence-electron chi connectivity index (χ0n) is 13.5. The van der Waals surface area contributed by atoms with Crippen LogP contribution in [0.4, 0.5) is 0 Å². The van der Waals surface area contributed by atoms with Crippen LogP contribution in [0.3, 0.4) is 0 Å². The third-order valence-corrected chi connectivity index (χ3v) is 7.31. The molecule has 0 aromatic carbocycles. The molecule has 1 fully saturated rings. The van der Waals surface area contributed by atoms with Gasteiger partial charge in [0.15, 0.2) is 5.25 Å². The maximum Gasteiger partial charge on any atom is 0.218 e. The van der Waals surface area contributed by atoms with Gasteiger partial charge in [-0.1, -0.05) is 0 Å². The molecular weight excluding hydrogens is 400 g/mol. The highest BCUT2D eigenvalue weighted by molar-refractivity contribution is 7.97. The second-order valence-electron chi connectivity index (χ2n) is 5.92. The highest BCUT2D eigenvalue weighted by Crippen LogP contribution is 2.26. The predicted molar refractivity (Wildman–Crippen MR) is 85.7 cm³/mol. The van der Waals surface area contributed by atoms with Crippen molar-refractivity contribution in [1.29, 1.82) is 0 Å². The van der Waals surface area contributed by atoms with E-state index in [0.29, 0.717) is 0 Å². The van der Waals surface area contributed by atoms with Crippen molar-refractivity contribution in [3.8, 4) is 0 Å². The summed E-state index contributed by atoms with van der Waals surface area (Å²) in [4.78, 5) is 0. The summed E-state index contributed by atoms with van der Waals surface area (Å²) >= 11 is 0. The van der Waals surface area contributed by atoms with Gasteiger partial charge in [-0.15, -0.1) is 0 Å². The van der Waals surface area contributed by atoms with Crippen LogP contribution in [0.15, 0.2) is 0 Å². The molecule has 9 atom stereocenters. The van der Waals surface area contributed by atoms with Gasteiger partial charge in [-0.2, -0.15) is 0 Å². The van der Waals surface area contributed by atoms with Crippen LogP contribution < -0.4 is 0 Å². The van der Waals surface area contributed by atoms with Gasteiger partial charge in [-0.25, -0.2) is 8.42 Å². The van der Waals surface area contributed by atoms with Gasteiger partial charge < -0.3 is 45.4 Å². The molecule has 156 valence electrons. The fourth-order valence-corrected chi connectivity index (χ4v) is 5.82. The summed E-state index contributed by atoms with van der Waals surface area (Å²) in [7, 11) is -6.45. The van der Waals surface area contributed by atoms with Crippen molar-refractivity contribution in [2.45, 2.75) is 48.0 Å². The van der Waals surface area contributed by atoms with E-state index in [0.717, 1.165) is 0 Å². The molecule has 0 radical (unpaired) electrons. The monoisotopic (exact) mass is 424 g/mol. The Bertz CT molecular complexity index is 530. The van der Waals surface area contributed by atoms with Crippen LogP contribution in [-0.2, 0) is 25.5 Å². The fourth-order valence-electron chi connectivity index (χ4n) is 2.62. The third kappa shape index (κ3) is 6.22. The van der Waals surface area contributed by atoms with Crippen LogP contribution in [0.2, 0.25) is 0 Å². The summed E-state index contributed by atoms with van der Waals surface area (Å²) in [6.07, 6.45) is -12.8. The Morgan fingerprint density at radius 1 is 1.08 bits per heavy atom. The van der Waals surface area contributed by atoms with Gasteiger partial charge in [0, 0.05) is 10.9 Å². The Kier molecular flexibility index (Phi) is 9.12. The Morgan fingerprint density at radius 2 is 1.65 bits per heavy atom. The molecule has 12 nitrogen and oxygen atoms in total. The van der Waals surface area contributed by atoms with E-state index in [-0.39, 0.29) is 11.5 Å². The average Bonchev–Trinajstić information content (AvgIpc) is 2.82. The molecule has 0 aliphatic carbocycles. The van der Waals surface area contributed by atoms with Crippen LogP contribution in [0.1, 0.15) is 0 Å². The van der Waals surface area contributed by atoms with Gasteiger partial charge in [0.25, 0.3) is 0 Å². The topological polar surface area (TPSA) is 228 Å². The molecule has 1 unspecified atom stereocenters. The second-order valence-corrected chi connectivity index (χ2v) is 9.27. The van der Waals surface area contributed by atoms with Crippen LogP contribution in [-0.4, -0.2) is 127 Å². The summed E-state index contributed by atoms with van der Waals surface area (Å²) < 4.78 is 36.7. The van der Waals surface area contributed by atoms with Gasteiger partial charge in [0.1, 0.15) is 54.2 Å². The molecule has 0 spiro atoms. The van der Waals surface area contributed by atoms with E-state index in [2.05, 4.69) is 4.18 Å². The molecule has 1 rings (SSSR count). The first-order valence-electron chi connectivity index (χ1n) is 7.53. The predicted octanol–water partition coefficient (Wildman–Crippen LogP) is -6.02. The lowest BCUT2D eigenvalue weighted by molar-refractivity contribution is -0.129. The molecule has 1 saturated heterocycles. The van der Waals surface area contributed by atoms with E-state index in [4.69, 9.17) is 5.11 Å². The molecule has 26 heavy (non-hydrogen) atoms. The summed E-state index contributed by atoms with van der Waals surface area (Å²) in [5, 5.41) is 75.8. The Hall–Kier alpha value is -0.100. The van der Waals surface area contributed by atoms with Gasteiger partial charge in [0.2, 0.25) is 10.4 Å². The molecule has 0 aromatic heterocycles. The minimum Gasteiger partial charge on any atom is -0.726 e. The minimum absolute atomic E-state index is 0.0296. The Balaban J connectivity index is 2.95. The molecule has 14 heteroatoms. The lowest BCUT2D eigenvalue weighted by Crippen LogP contribution is -2.53. The van der Waals surface area contributed by atoms with Crippen LogP contribution >= 0.6 is 0 Å². The Labute approximate surface area is 152 Å². The second kappa shape index (κ2) is 9.90. The van der Waals surface area contributed by atoms with Crippen LogP contribution in [0.5, 0.6) is 0 Å². The maximum absolute atomic E-state index is 10.9. The first-order valence-corrected chi connectivity index (χ1v) is 10.5. The Morgan fingerprint density at radius 3 is 2.12 bits per heavy atom. The summed E-state index contributed by atoms with van der Waals surface area (Å²) in [6, 6.07) is 0. The zero-order chi connectivity index (χ0) is 20.2. The van der Waals surface area contributed by atoms with Crippen molar-refractivity contribution in [1.82, 2.24) is 0 Å². The SMILES string of the molecule is O=S(=O)([O-])O[C@H]([C@@H](O)[C@H](O)[C@@H](O)CO)[C@H](O)C[S+]1C[C@@H](O)[C@H](O)[C@H]1CO. The highest BCUT2D eigenvalue weighted by Gasteiger charge is 2.51. The van der Waals surface area contributed by atoms with E-state index < -0.39 is 82.5 Å². The number of hydrogen-bond donors (Lipinski definition) is 8. The van der Waals surface area contributed by atoms with E-state index >= 15 is 0 Å². The fraction of sp³-hybridized carbons (Fsp3) is 1.00. The lowest BCUT2D eigenvalue weighted by Gasteiger charge is -2.31. The third-order valence-electron chi connectivity index (χ3n) is 4.03. The molecule has 0 aromatic rings. The molecule has 0 bridgehead atoms. The van der Waals surface area contributed by atoms with E-state index in [1.807, 2.05) is 0 Å². The van der Waals surface area contributed by atoms with Crippen molar-refractivity contribution in [2.24, 2.45) is 0 Å². The molecule has 0 amide bonds. The molecule has 0 saturated carbocycles. The summed E-state index contributed by atoms with van der Waals surface area (Å²) in [6.45, 7) is -1.53. The van der Waals surface area contributed by atoms with Crippen LogP contribution in [0.25, 0.3) is 0 Å². The largest absolute Gasteiger partial charge is 0.726 e. The summed E-state index contributed by atoms with van der Waals surface area (Å²) in [5.41, 5.74) is 0. The smallest absolute Gasteiger partial charge is 0.218 e. The van der Waals surface area contributed by atoms with Gasteiger partial charge in [0.05, 0.1) is 13.2 Å².